The van der Waals surface area contributed by atoms with Gasteiger partial charge in [-0.25, -0.2) is 4.98 Å². The highest BCUT2D eigenvalue weighted by Crippen LogP contribution is 2.19. The van der Waals surface area contributed by atoms with E-state index >= 15 is 0 Å². The second-order valence-electron chi connectivity index (χ2n) is 4.25. The third kappa shape index (κ3) is 3.28. The number of carbonyl (C=O) groups excluding carboxylic acids is 1. The van der Waals surface area contributed by atoms with Gasteiger partial charge in [-0.3, -0.25) is 4.79 Å². The zero-order valence-corrected chi connectivity index (χ0v) is 10.4. The molecule has 88 valence electrons. The monoisotopic (exact) mass is 239 g/mol. The summed E-state index contributed by atoms with van der Waals surface area (Å²) in [5.74, 6) is 0.0484. The summed E-state index contributed by atoms with van der Waals surface area (Å²) in [6.45, 7) is 4.40. The molecule has 1 amide bonds. The second-order valence-corrected chi connectivity index (χ2v) is 5.52. The van der Waals surface area contributed by atoms with Crippen LogP contribution in [0.4, 0.5) is 0 Å². The predicted octanol–water partition coefficient (Wildman–Crippen LogP) is 1.38. The first kappa shape index (κ1) is 11.5. The minimum atomic E-state index is 0.00667. The Morgan fingerprint density at radius 1 is 1.69 bits per heavy atom. The van der Waals surface area contributed by atoms with E-state index in [2.05, 4.69) is 15.6 Å². The van der Waals surface area contributed by atoms with Gasteiger partial charge in [-0.15, -0.1) is 11.3 Å². The van der Waals surface area contributed by atoms with Gasteiger partial charge in [0.25, 0.3) is 0 Å². The Hall–Kier alpha value is -0.940. The quantitative estimate of drug-likeness (QED) is 0.816. The summed E-state index contributed by atoms with van der Waals surface area (Å²) >= 11 is 1.63. The highest BCUT2D eigenvalue weighted by Gasteiger charge is 2.21. The number of hydrogen-bond acceptors (Lipinski definition) is 4. The number of amides is 1. The first-order chi connectivity index (χ1) is 7.65. The molecule has 0 aromatic carbocycles. The van der Waals surface area contributed by atoms with Gasteiger partial charge in [-0.1, -0.05) is 0 Å². The minimum Gasteiger partial charge on any atom is -0.346 e. The number of rotatable bonds is 5. The Balaban J connectivity index is 1.76. The smallest absolute Gasteiger partial charge is 0.234 e. The van der Waals surface area contributed by atoms with Crippen LogP contribution in [-0.2, 0) is 4.79 Å². The number of nitrogens with zero attached hydrogens (tertiary/aromatic N) is 1. The van der Waals surface area contributed by atoms with E-state index in [0.29, 0.717) is 12.6 Å². The average molecular weight is 239 g/mol. The Morgan fingerprint density at radius 3 is 3.00 bits per heavy atom. The summed E-state index contributed by atoms with van der Waals surface area (Å²) in [7, 11) is 0. The van der Waals surface area contributed by atoms with E-state index in [1.165, 1.54) is 17.7 Å². The molecule has 1 aliphatic carbocycles. The molecule has 1 aromatic heterocycles. The van der Waals surface area contributed by atoms with Crippen molar-refractivity contribution in [2.75, 3.05) is 6.54 Å². The van der Waals surface area contributed by atoms with Crippen LogP contribution in [0.15, 0.2) is 6.20 Å². The van der Waals surface area contributed by atoms with E-state index in [1.54, 1.807) is 11.3 Å². The Kier molecular flexibility index (Phi) is 3.56. The van der Waals surface area contributed by atoms with Gasteiger partial charge in [-0.2, -0.15) is 0 Å². The molecule has 1 atom stereocenters. The van der Waals surface area contributed by atoms with E-state index in [-0.39, 0.29) is 11.9 Å². The summed E-state index contributed by atoms with van der Waals surface area (Å²) in [5, 5.41) is 7.10. The van der Waals surface area contributed by atoms with Gasteiger partial charge in [0.15, 0.2) is 0 Å². The highest BCUT2D eigenvalue weighted by molar-refractivity contribution is 7.11. The summed E-state index contributed by atoms with van der Waals surface area (Å²) < 4.78 is 0. The normalized spacial score (nSPS) is 17.1. The standard InChI is InChI=1S/C11H17N3OS/c1-7-5-13-11(16-7)8(2)14-10(15)6-12-9-3-4-9/h5,8-9,12H,3-4,6H2,1-2H3,(H,14,15). The molecule has 1 aliphatic rings. The number of aromatic nitrogens is 1. The molecule has 5 heteroatoms. The molecular weight excluding hydrogens is 222 g/mol. The molecule has 4 nitrogen and oxygen atoms in total. The summed E-state index contributed by atoms with van der Waals surface area (Å²) in [4.78, 5) is 17.0. The van der Waals surface area contributed by atoms with E-state index in [9.17, 15) is 4.79 Å². The van der Waals surface area contributed by atoms with Crippen molar-refractivity contribution in [1.29, 1.82) is 0 Å². The van der Waals surface area contributed by atoms with Crippen molar-refractivity contribution in [2.45, 2.75) is 38.8 Å². The van der Waals surface area contributed by atoms with Crippen LogP contribution < -0.4 is 10.6 Å². The molecular formula is C11H17N3OS. The lowest BCUT2D eigenvalue weighted by Crippen LogP contribution is -2.36. The van der Waals surface area contributed by atoms with Crippen LogP contribution in [0, 0.1) is 6.92 Å². The summed E-state index contributed by atoms with van der Waals surface area (Å²) in [6, 6.07) is 0.579. The lowest BCUT2D eigenvalue weighted by molar-refractivity contribution is -0.120. The maximum atomic E-state index is 11.6. The van der Waals surface area contributed by atoms with Crippen molar-refractivity contribution >= 4 is 17.2 Å². The van der Waals surface area contributed by atoms with Crippen molar-refractivity contribution < 1.29 is 4.79 Å². The molecule has 2 rings (SSSR count). The summed E-state index contributed by atoms with van der Waals surface area (Å²) in [5.41, 5.74) is 0. The van der Waals surface area contributed by atoms with Gasteiger partial charge >= 0.3 is 0 Å². The molecule has 0 spiro atoms. The third-order valence-corrected chi connectivity index (χ3v) is 3.61. The lowest BCUT2D eigenvalue weighted by atomic mass is 10.3. The maximum absolute atomic E-state index is 11.6. The van der Waals surface area contributed by atoms with E-state index in [1.807, 2.05) is 20.0 Å². The zero-order chi connectivity index (χ0) is 11.5. The van der Waals surface area contributed by atoms with Crippen LogP contribution in [0.2, 0.25) is 0 Å². The Bertz CT molecular complexity index is 373. The van der Waals surface area contributed by atoms with Crippen molar-refractivity contribution in [2.24, 2.45) is 0 Å². The molecule has 0 bridgehead atoms. The SMILES string of the molecule is Cc1cnc(C(C)NC(=O)CNC2CC2)s1. The molecule has 0 saturated heterocycles. The lowest BCUT2D eigenvalue weighted by Gasteiger charge is -2.11. The van der Waals surface area contributed by atoms with Gasteiger partial charge in [0.2, 0.25) is 5.91 Å². The molecule has 1 unspecified atom stereocenters. The van der Waals surface area contributed by atoms with Gasteiger partial charge in [-0.05, 0) is 26.7 Å². The molecule has 1 fully saturated rings. The van der Waals surface area contributed by atoms with Gasteiger partial charge in [0, 0.05) is 17.1 Å². The van der Waals surface area contributed by atoms with Gasteiger partial charge in [0.05, 0.1) is 12.6 Å². The first-order valence-corrected chi connectivity index (χ1v) is 6.42. The maximum Gasteiger partial charge on any atom is 0.234 e. The first-order valence-electron chi connectivity index (χ1n) is 5.60. The highest BCUT2D eigenvalue weighted by atomic mass is 32.1. The Labute approximate surface area is 99.5 Å². The van der Waals surface area contributed by atoms with Crippen molar-refractivity contribution in [1.82, 2.24) is 15.6 Å². The fourth-order valence-electron chi connectivity index (χ4n) is 1.45. The predicted molar refractivity (Wildman–Crippen MR) is 64.4 cm³/mol. The zero-order valence-electron chi connectivity index (χ0n) is 9.62. The number of aryl methyl sites for hydroxylation is 1. The van der Waals surface area contributed by atoms with Crippen LogP contribution in [0.3, 0.4) is 0 Å². The molecule has 0 aliphatic heterocycles. The van der Waals surface area contributed by atoms with Crippen molar-refractivity contribution in [3.05, 3.63) is 16.1 Å². The van der Waals surface area contributed by atoms with E-state index in [0.717, 1.165) is 5.01 Å². The number of carbonyl (C=O) groups is 1. The number of hydrogen-bond donors (Lipinski definition) is 2. The van der Waals surface area contributed by atoms with Gasteiger partial charge < -0.3 is 10.6 Å². The topological polar surface area (TPSA) is 54.0 Å². The fourth-order valence-corrected chi connectivity index (χ4v) is 2.23. The molecule has 2 N–H and O–H groups in total. The average Bonchev–Trinajstić information content (AvgIpc) is 2.97. The van der Waals surface area contributed by atoms with Crippen LogP contribution >= 0.6 is 11.3 Å². The fraction of sp³-hybridized carbons (Fsp3) is 0.636. The Morgan fingerprint density at radius 2 is 2.44 bits per heavy atom. The molecule has 1 aromatic rings. The molecule has 1 heterocycles. The number of nitrogens with one attached hydrogen (secondary N) is 2. The molecule has 0 radical (unpaired) electrons. The van der Waals surface area contributed by atoms with E-state index < -0.39 is 0 Å². The third-order valence-electron chi connectivity index (χ3n) is 2.52. The van der Waals surface area contributed by atoms with Crippen molar-refractivity contribution in [3.8, 4) is 0 Å². The largest absolute Gasteiger partial charge is 0.346 e. The van der Waals surface area contributed by atoms with Crippen LogP contribution in [0.1, 0.15) is 35.7 Å². The molecule has 1 saturated carbocycles. The number of thiazole rings is 1. The second kappa shape index (κ2) is 4.93. The van der Waals surface area contributed by atoms with Crippen LogP contribution in [0.25, 0.3) is 0 Å². The van der Waals surface area contributed by atoms with E-state index in [4.69, 9.17) is 0 Å². The molecule has 16 heavy (non-hydrogen) atoms. The van der Waals surface area contributed by atoms with Gasteiger partial charge in [0.1, 0.15) is 5.01 Å². The van der Waals surface area contributed by atoms with Crippen LogP contribution in [0.5, 0.6) is 0 Å². The van der Waals surface area contributed by atoms with Crippen molar-refractivity contribution in [3.63, 3.8) is 0 Å². The van der Waals surface area contributed by atoms with Crippen LogP contribution in [-0.4, -0.2) is 23.5 Å². The summed E-state index contributed by atoms with van der Waals surface area (Å²) in [6.07, 6.45) is 4.24. The minimum absolute atomic E-state index is 0.00667.